The van der Waals surface area contributed by atoms with Gasteiger partial charge in [-0.05, 0) is 35.0 Å². The van der Waals surface area contributed by atoms with Crippen molar-refractivity contribution in [3.63, 3.8) is 0 Å². The SMILES string of the molecule is Fc1ccccc1NCc1cc(-c2cccs2)cs1. The monoisotopic (exact) mass is 289 g/mol. The maximum atomic E-state index is 13.5. The first-order valence-electron chi connectivity index (χ1n) is 5.92. The fraction of sp³-hybridized carbons (Fsp3) is 0.0667. The molecule has 1 N–H and O–H groups in total. The summed E-state index contributed by atoms with van der Waals surface area (Å²) in [6.07, 6.45) is 0. The summed E-state index contributed by atoms with van der Waals surface area (Å²) in [6, 6.07) is 13.1. The highest BCUT2D eigenvalue weighted by Crippen LogP contribution is 2.29. The van der Waals surface area contributed by atoms with Gasteiger partial charge in [0.2, 0.25) is 0 Å². The smallest absolute Gasteiger partial charge is 0.146 e. The van der Waals surface area contributed by atoms with Gasteiger partial charge in [-0.1, -0.05) is 18.2 Å². The number of thiophene rings is 2. The fourth-order valence-electron chi connectivity index (χ4n) is 1.83. The van der Waals surface area contributed by atoms with E-state index in [0.29, 0.717) is 12.2 Å². The number of hydrogen-bond donors (Lipinski definition) is 1. The van der Waals surface area contributed by atoms with Gasteiger partial charge in [0.15, 0.2) is 0 Å². The quantitative estimate of drug-likeness (QED) is 0.693. The van der Waals surface area contributed by atoms with E-state index in [0.717, 1.165) is 0 Å². The Balaban J connectivity index is 1.70. The number of nitrogens with one attached hydrogen (secondary N) is 1. The Morgan fingerprint density at radius 3 is 2.74 bits per heavy atom. The van der Waals surface area contributed by atoms with Gasteiger partial charge in [0.1, 0.15) is 5.82 Å². The molecule has 0 bridgehead atoms. The Labute approximate surface area is 119 Å². The van der Waals surface area contributed by atoms with E-state index in [4.69, 9.17) is 0 Å². The van der Waals surface area contributed by atoms with E-state index < -0.39 is 0 Å². The van der Waals surface area contributed by atoms with Crippen molar-refractivity contribution in [3.8, 4) is 10.4 Å². The van der Waals surface area contributed by atoms with E-state index in [1.54, 1.807) is 34.8 Å². The third-order valence-electron chi connectivity index (χ3n) is 2.79. The molecule has 0 spiro atoms. The van der Waals surface area contributed by atoms with E-state index in [1.807, 2.05) is 6.07 Å². The molecule has 0 unspecified atom stereocenters. The second-order valence-corrected chi connectivity index (χ2v) is 6.06. The molecule has 0 fully saturated rings. The third-order valence-corrected chi connectivity index (χ3v) is 4.64. The van der Waals surface area contributed by atoms with Gasteiger partial charge >= 0.3 is 0 Å². The molecule has 0 aliphatic heterocycles. The van der Waals surface area contributed by atoms with Crippen molar-refractivity contribution in [1.82, 2.24) is 0 Å². The van der Waals surface area contributed by atoms with Crippen molar-refractivity contribution >= 4 is 28.4 Å². The van der Waals surface area contributed by atoms with Crippen LogP contribution in [0.2, 0.25) is 0 Å². The second kappa shape index (κ2) is 5.55. The molecule has 0 atom stereocenters. The van der Waals surface area contributed by atoms with Crippen LogP contribution in [0.4, 0.5) is 10.1 Å². The highest BCUT2D eigenvalue weighted by molar-refractivity contribution is 7.14. The van der Waals surface area contributed by atoms with Gasteiger partial charge in [-0.15, -0.1) is 22.7 Å². The minimum atomic E-state index is -0.211. The number of hydrogen-bond acceptors (Lipinski definition) is 3. The van der Waals surface area contributed by atoms with Crippen LogP contribution >= 0.6 is 22.7 Å². The van der Waals surface area contributed by atoms with Crippen LogP contribution in [0.1, 0.15) is 4.88 Å². The molecule has 3 rings (SSSR count). The van der Waals surface area contributed by atoms with Gasteiger partial charge in [-0.25, -0.2) is 4.39 Å². The van der Waals surface area contributed by atoms with Crippen molar-refractivity contribution in [2.75, 3.05) is 5.32 Å². The highest BCUT2D eigenvalue weighted by atomic mass is 32.1. The molecule has 4 heteroatoms. The third kappa shape index (κ3) is 2.85. The largest absolute Gasteiger partial charge is 0.378 e. The Morgan fingerprint density at radius 2 is 1.95 bits per heavy atom. The van der Waals surface area contributed by atoms with Crippen LogP contribution in [-0.4, -0.2) is 0 Å². The predicted molar refractivity (Wildman–Crippen MR) is 81.4 cm³/mol. The van der Waals surface area contributed by atoms with Crippen LogP contribution in [0.5, 0.6) is 0 Å². The maximum Gasteiger partial charge on any atom is 0.146 e. The van der Waals surface area contributed by atoms with Gasteiger partial charge in [0, 0.05) is 21.9 Å². The summed E-state index contributed by atoms with van der Waals surface area (Å²) >= 11 is 3.43. The van der Waals surface area contributed by atoms with Crippen LogP contribution < -0.4 is 5.32 Å². The van der Waals surface area contributed by atoms with Crippen molar-refractivity contribution < 1.29 is 4.39 Å². The molecule has 1 nitrogen and oxygen atoms in total. The van der Waals surface area contributed by atoms with Crippen molar-refractivity contribution in [2.45, 2.75) is 6.54 Å². The lowest BCUT2D eigenvalue weighted by atomic mass is 10.2. The first-order chi connectivity index (χ1) is 9.33. The lowest BCUT2D eigenvalue weighted by molar-refractivity contribution is 0.630. The molecular formula is C15H12FNS2. The summed E-state index contributed by atoms with van der Waals surface area (Å²) < 4.78 is 13.5. The average Bonchev–Trinajstić information content (AvgIpc) is 3.09. The number of benzene rings is 1. The van der Waals surface area contributed by atoms with Crippen molar-refractivity contribution in [3.05, 3.63) is 63.9 Å². The molecule has 2 aromatic heterocycles. The summed E-state index contributed by atoms with van der Waals surface area (Å²) in [5, 5.41) is 7.34. The zero-order chi connectivity index (χ0) is 13.1. The molecule has 3 aromatic rings. The van der Waals surface area contributed by atoms with Gasteiger partial charge in [0.05, 0.1) is 5.69 Å². The van der Waals surface area contributed by atoms with Crippen LogP contribution in [0, 0.1) is 5.82 Å². The topological polar surface area (TPSA) is 12.0 Å². The average molecular weight is 289 g/mol. The molecule has 0 aliphatic rings. The van der Waals surface area contributed by atoms with Crippen LogP contribution in [0.3, 0.4) is 0 Å². The fourth-order valence-corrected chi connectivity index (χ4v) is 3.45. The van der Waals surface area contributed by atoms with Gasteiger partial charge in [-0.2, -0.15) is 0 Å². The molecule has 19 heavy (non-hydrogen) atoms. The molecule has 0 amide bonds. The Morgan fingerprint density at radius 1 is 1.05 bits per heavy atom. The maximum absolute atomic E-state index is 13.5. The Kier molecular flexibility index (Phi) is 3.62. The first-order valence-corrected chi connectivity index (χ1v) is 7.68. The van der Waals surface area contributed by atoms with E-state index in [-0.39, 0.29) is 5.82 Å². The Hall–Kier alpha value is -1.65. The van der Waals surface area contributed by atoms with E-state index >= 15 is 0 Å². The molecule has 0 radical (unpaired) electrons. The molecule has 2 heterocycles. The van der Waals surface area contributed by atoms with Gasteiger partial charge in [-0.3, -0.25) is 0 Å². The van der Waals surface area contributed by atoms with E-state index in [9.17, 15) is 4.39 Å². The summed E-state index contributed by atoms with van der Waals surface area (Å²) in [5.41, 5.74) is 1.79. The van der Waals surface area contributed by atoms with Crippen molar-refractivity contribution in [1.29, 1.82) is 0 Å². The lowest BCUT2D eigenvalue weighted by Gasteiger charge is -2.05. The van der Waals surface area contributed by atoms with Crippen LogP contribution in [-0.2, 0) is 6.54 Å². The van der Waals surface area contributed by atoms with Crippen molar-refractivity contribution in [2.24, 2.45) is 0 Å². The highest BCUT2D eigenvalue weighted by Gasteiger charge is 2.04. The Bertz CT molecular complexity index is 658. The molecule has 96 valence electrons. The number of anilines is 1. The van der Waals surface area contributed by atoms with Gasteiger partial charge < -0.3 is 5.32 Å². The minimum absolute atomic E-state index is 0.211. The first kappa shape index (κ1) is 12.4. The predicted octanol–water partition coefficient (Wildman–Crippen LogP) is 5.23. The van der Waals surface area contributed by atoms with Crippen LogP contribution in [0.25, 0.3) is 10.4 Å². The molecule has 1 aromatic carbocycles. The van der Waals surface area contributed by atoms with Gasteiger partial charge in [0.25, 0.3) is 0 Å². The lowest BCUT2D eigenvalue weighted by Crippen LogP contribution is -1.99. The molecule has 0 saturated carbocycles. The standard InChI is InChI=1S/C15H12FNS2/c16-13-4-1-2-5-14(13)17-9-12-8-11(10-19-12)15-6-3-7-18-15/h1-8,10,17H,9H2. The summed E-state index contributed by atoms with van der Waals surface area (Å²) in [4.78, 5) is 2.47. The van der Waals surface area contributed by atoms with Crippen LogP contribution in [0.15, 0.2) is 53.2 Å². The number of halogens is 1. The number of rotatable bonds is 4. The van der Waals surface area contributed by atoms with E-state index in [2.05, 4.69) is 34.3 Å². The minimum Gasteiger partial charge on any atom is -0.378 e. The molecule has 0 saturated heterocycles. The molecule has 0 aliphatic carbocycles. The number of para-hydroxylation sites is 1. The summed E-state index contributed by atoms with van der Waals surface area (Å²) in [7, 11) is 0. The summed E-state index contributed by atoms with van der Waals surface area (Å²) in [5.74, 6) is -0.211. The zero-order valence-electron chi connectivity index (χ0n) is 10.1. The summed E-state index contributed by atoms with van der Waals surface area (Å²) in [6.45, 7) is 0.650. The zero-order valence-corrected chi connectivity index (χ0v) is 11.7. The van der Waals surface area contributed by atoms with E-state index in [1.165, 1.54) is 21.4 Å². The molecular weight excluding hydrogens is 277 g/mol. The normalized spacial score (nSPS) is 10.6. The second-order valence-electron chi connectivity index (χ2n) is 4.11.